The molecule has 0 atom stereocenters. The lowest BCUT2D eigenvalue weighted by atomic mass is 10.0. The molecule has 0 radical (unpaired) electrons. The van der Waals surface area contributed by atoms with Gasteiger partial charge in [0.2, 0.25) is 0 Å². The highest BCUT2D eigenvalue weighted by molar-refractivity contribution is 5.46. The zero-order chi connectivity index (χ0) is 12.8. The minimum atomic E-state index is 1.16. The maximum Gasteiger partial charge on any atom is 0.0361 e. The topological polar surface area (TPSA) is 3.24 Å². The van der Waals surface area contributed by atoms with Crippen LogP contribution in [0.4, 0.5) is 5.69 Å². The largest absolute Gasteiger partial charge is 0.378 e. The molecule has 0 heterocycles. The first kappa shape index (κ1) is 12.7. The van der Waals surface area contributed by atoms with Crippen LogP contribution in [0.15, 0.2) is 54.6 Å². The summed E-state index contributed by atoms with van der Waals surface area (Å²) in [5, 5.41) is 0. The SMILES string of the molecule is CN(C)c1ccc(CCCc2ccccc2)cc1. The van der Waals surface area contributed by atoms with Gasteiger partial charge in [-0.25, -0.2) is 0 Å². The zero-order valence-corrected chi connectivity index (χ0v) is 11.3. The molecule has 0 amide bonds. The number of rotatable bonds is 5. The number of aryl methyl sites for hydroxylation is 2. The standard InChI is InChI=1S/C17H21N/c1-18(2)17-13-11-16(12-14-17)10-6-9-15-7-4-3-5-8-15/h3-5,7-8,11-14H,6,9-10H2,1-2H3. The lowest BCUT2D eigenvalue weighted by Crippen LogP contribution is -2.08. The molecule has 0 aliphatic rings. The quantitative estimate of drug-likeness (QED) is 0.764. The molecule has 0 aromatic heterocycles. The Balaban J connectivity index is 1.83. The van der Waals surface area contributed by atoms with E-state index in [0.717, 1.165) is 12.8 Å². The van der Waals surface area contributed by atoms with Crippen LogP contribution in [-0.4, -0.2) is 14.1 Å². The summed E-state index contributed by atoms with van der Waals surface area (Å²) in [5.41, 5.74) is 4.13. The third kappa shape index (κ3) is 3.63. The Morgan fingerprint density at radius 1 is 0.722 bits per heavy atom. The number of benzene rings is 2. The molecule has 1 nitrogen and oxygen atoms in total. The molecule has 1 heteroatoms. The molecule has 0 saturated heterocycles. The lowest BCUT2D eigenvalue weighted by Gasteiger charge is -2.12. The summed E-state index contributed by atoms with van der Waals surface area (Å²) < 4.78 is 0. The van der Waals surface area contributed by atoms with E-state index < -0.39 is 0 Å². The minimum absolute atomic E-state index is 1.16. The van der Waals surface area contributed by atoms with Crippen LogP contribution < -0.4 is 4.90 Å². The molecule has 0 unspecified atom stereocenters. The fourth-order valence-corrected chi connectivity index (χ4v) is 2.10. The first-order chi connectivity index (χ1) is 8.75. The molecule has 0 aliphatic heterocycles. The third-order valence-electron chi connectivity index (χ3n) is 3.23. The van der Waals surface area contributed by atoms with Gasteiger partial charge in [0.25, 0.3) is 0 Å². The average molecular weight is 239 g/mol. The van der Waals surface area contributed by atoms with Crippen molar-refractivity contribution in [2.45, 2.75) is 19.3 Å². The van der Waals surface area contributed by atoms with E-state index in [2.05, 4.69) is 73.6 Å². The molecule has 0 saturated carbocycles. The molecule has 94 valence electrons. The van der Waals surface area contributed by atoms with Crippen LogP contribution in [0.1, 0.15) is 17.5 Å². The monoisotopic (exact) mass is 239 g/mol. The van der Waals surface area contributed by atoms with Gasteiger partial charge in [0.1, 0.15) is 0 Å². The van der Waals surface area contributed by atoms with Crippen molar-refractivity contribution in [1.29, 1.82) is 0 Å². The molecule has 2 rings (SSSR count). The van der Waals surface area contributed by atoms with Crippen molar-refractivity contribution in [3.63, 3.8) is 0 Å². The molecule has 0 fully saturated rings. The second-order valence-corrected chi connectivity index (χ2v) is 4.90. The van der Waals surface area contributed by atoms with Gasteiger partial charge >= 0.3 is 0 Å². The fourth-order valence-electron chi connectivity index (χ4n) is 2.10. The second-order valence-electron chi connectivity index (χ2n) is 4.90. The molecule has 0 bridgehead atoms. The molecule has 2 aromatic carbocycles. The highest BCUT2D eigenvalue weighted by Crippen LogP contribution is 2.14. The van der Waals surface area contributed by atoms with E-state index in [1.54, 1.807) is 0 Å². The van der Waals surface area contributed by atoms with Crippen LogP contribution in [0, 0.1) is 0 Å². The van der Waals surface area contributed by atoms with E-state index in [9.17, 15) is 0 Å². The van der Waals surface area contributed by atoms with Crippen molar-refractivity contribution in [2.75, 3.05) is 19.0 Å². The summed E-state index contributed by atoms with van der Waals surface area (Å²) in [5.74, 6) is 0. The third-order valence-corrected chi connectivity index (χ3v) is 3.23. The van der Waals surface area contributed by atoms with E-state index in [1.807, 2.05) is 0 Å². The molecule has 18 heavy (non-hydrogen) atoms. The van der Waals surface area contributed by atoms with Crippen LogP contribution in [0.3, 0.4) is 0 Å². The van der Waals surface area contributed by atoms with Crippen LogP contribution in [0.2, 0.25) is 0 Å². The van der Waals surface area contributed by atoms with Crippen LogP contribution in [0.5, 0.6) is 0 Å². The van der Waals surface area contributed by atoms with Crippen molar-refractivity contribution < 1.29 is 0 Å². The van der Waals surface area contributed by atoms with Gasteiger partial charge in [0.05, 0.1) is 0 Å². The smallest absolute Gasteiger partial charge is 0.0361 e. The highest BCUT2D eigenvalue weighted by atomic mass is 15.1. The van der Waals surface area contributed by atoms with Crippen molar-refractivity contribution in [2.24, 2.45) is 0 Å². The van der Waals surface area contributed by atoms with Crippen molar-refractivity contribution >= 4 is 5.69 Å². The predicted octanol–water partition coefficient (Wildman–Crippen LogP) is 3.93. The van der Waals surface area contributed by atoms with Crippen LogP contribution in [-0.2, 0) is 12.8 Å². The Morgan fingerprint density at radius 3 is 1.83 bits per heavy atom. The summed E-state index contributed by atoms with van der Waals surface area (Å²) in [6.45, 7) is 0. The molecule has 2 aromatic rings. The van der Waals surface area contributed by atoms with Crippen molar-refractivity contribution in [3.8, 4) is 0 Å². The number of hydrogen-bond acceptors (Lipinski definition) is 1. The highest BCUT2D eigenvalue weighted by Gasteiger charge is 1.97. The molecule has 0 spiro atoms. The van der Waals surface area contributed by atoms with E-state index in [1.165, 1.54) is 23.2 Å². The van der Waals surface area contributed by atoms with E-state index >= 15 is 0 Å². The number of hydrogen-bond donors (Lipinski definition) is 0. The Kier molecular flexibility index (Phi) is 4.40. The first-order valence-electron chi connectivity index (χ1n) is 6.56. The maximum absolute atomic E-state index is 2.24. The second kappa shape index (κ2) is 6.25. The fraction of sp³-hybridized carbons (Fsp3) is 0.294. The van der Waals surface area contributed by atoms with Gasteiger partial charge in [-0.2, -0.15) is 0 Å². The van der Waals surface area contributed by atoms with Crippen LogP contribution in [0.25, 0.3) is 0 Å². The summed E-state index contributed by atoms with van der Waals surface area (Å²) in [7, 11) is 4.15. The lowest BCUT2D eigenvalue weighted by molar-refractivity contribution is 0.820. The predicted molar refractivity (Wildman–Crippen MR) is 79.2 cm³/mol. The summed E-state index contributed by atoms with van der Waals surface area (Å²) in [6, 6.07) is 19.6. The van der Waals surface area contributed by atoms with Gasteiger partial charge in [-0.15, -0.1) is 0 Å². The molecule has 0 aliphatic carbocycles. The van der Waals surface area contributed by atoms with Gasteiger partial charge in [-0.05, 0) is 42.5 Å². The first-order valence-corrected chi connectivity index (χ1v) is 6.56. The van der Waals surface area contributed by atoms with E-state index in [-0.39, 0.29) is 0 Å². The van der Waals surface area contributed by atoms with Gasteiger partial charge < -0.3 is 4.90 Å². The Hall–Kier alpha value is -1.76. The summed E-state index contributed by atoms with van der Waals surface area (Å²) >= 11 is 0. The Morgan fingerprint density at radius 2 is 1.28 bits per heavy atom. The Bertz CT molecular complexity index is 457. The molecule has 0 N–H and O–H groups in total. The summed E-state index contributed by atoms with van der Waals surface area (Å²) in [4.78, 5) is 2.13. The number of nitrogens with zero attached hydrogens (tertiary/aromatic N) is 1. The van der Waals surface area contributed by atoms with Crippen molar-refractivity contribution in [3.05, 3.63) is 65.7 Å². The number of anilines is 1. The zero-order valence-electron chi connectivity index (χ0n) is 11.3. The van der Waals surface area contributed by atoms with Crippen LogP contribution >= 0.6 is 0 Å². The maximum atomic E-state index is 2.24. The minimum Gasteiger partial charge on any atom is -0.378 e. The average Bonchev–Trinajstić information content (AvgIpc) is 2.40. The summed E-state index contributed by atoms with van der Waals surface area (Å²) in [6.07, 6.45) is 3.53. The van der Waals surface area contributed by atoms with E-state index in [4.69, 9.17) is 0 Å². The molecular weight excluding hydrogens is 218 g/mol. The molecular formula is C17H21N. The normalized spacial score (nSPS) is 10.3. The van der Waals surface area contributed by atoms with Gasteiger partial charge in [-0.1, -0.05) is 42.5 Å². The van der Waals surface area contributed by atoms with Crippen molar-refractivity contribution in [1.82, 2.24) is 0 Å². The van der Waals surface area contributed by atoms with Gasteiger partial charge in [-0.3, -0.25) is 0 Å². The van der Waals surface area contributed by atoms with Gasteiger partial charge in [0, 0.05) is 19.8 Å². The van der Waals surface area contributed by atoms with Gasteiger partial charge in [0.15, 0.2) is 0 Å². The Labute approximate surface area is 110 Å². The van der Waals surface area contributed by atoms with E-state index in [0.29, 0.717) is 0 Å².